The molecule has 0 amide bonds. The van der Waals surface area contributed by atoms with Crippen molar-refractivity contribution in [1.29, 1.82) is 0 Å². The van der Waals surface area contributed by atoms with Crippen molar-refractivity contribution in [3.63, 3.8) is 0 Å². The van der Waals surface area contributed by atoms with E-state index in [-0.39, 0.29) is 11.8 Å². The van der Waals surface area contributed by atoms with Gasteiger partial charge in [-0.3, -0.25) is 4.79 Å². The van der Waals surface area contributed by atoms with E-state index < -0.39 is 11.6 Å². The molecule has 2 N–H and O–H groups in total. The van der Waals surface area contributed by atoms with E-state index in [1.165, 1.54) is 5.56 Å². The molecular formula is C16H24O3. The summed E-state index contributed by atoms with van der Waals surface area (Å²) in [7, 11) is 0. The van der Waals surface area contributed by atoms with Gasteiger partial charge in [0, 0.05) is 0 Å². The van der Waals surface area contributed by atoms with Gasteiger partial charge in [-0.2, -0.15) is 0 Å². The fraction of sp³-hybridized carbons (Fsp3) is 0.562. The summed E-state index contributed by atoms with van der Waals surface area (Å²) in [6, 6.07) is 4.08. The van der Waals surface area contributed by atoms with Gasteiger partial charge < -0.3 is 10.2 Å². The van der Waals surface area contributed by atoms with Crippen molar-refractivity contribution < 1.29 is 15.0 Å². The predicted molar refractivity (Wildman–Crippen MR) is 76.4 cm³/mol. The summed E-state index contributed by atoms with van der Waals surface area (Å²) in [5, 5.41) is 19.3. The van der Waals surface area contributed by atoms with Crippen LogP contribution in [0.1, 0.15) is 56.4 Å². The minimum absolute atomic E-state index is 0.0344. The Balaban J connectivity index is 3.36. The van der Waals surface area contributed by atoms with Crippen LogP contribution in [0.4, 0.5) is 0 Å². The highest BCUT2D eigenvalue weighted by atomic mass is 16.4. The van der Waals surface area contributed by atoms with Crippen molar-refractivity contribution in [3.8, 4) is 0 Å². The number of carbonyl (C=O) groups is 1. The highest BCUT2D eigenvalue weighted by Crippen LogP contribution is 2.34. The first-order valence-corrected chi connectivity index (χ1v) is 6.51. The van der Waals surface area contributed by atoms with E-state index in [2.05, 4.69) is 20.8 Å². The van der Waals surface area contributed by atoms with E-state index in [9.17, 15) is 9.90 Å². The smallest absolute Gasteiger partial charge is 0.306 e. The van der Waals surface area contributed by atoms with Crippen LogP contribution in [0.2, 0.25) is 0 Å². The van der Waals surface area contributed by atoms with E-state index in [1.54, 1.807) is 6.92 Å². The topological polar surface area (TPSA) is 57.5 Å². The Kier molecular flexibility index (Phi) is 4.11. The van der Waals surface area contributed by atoms with Crippen LogP contribution in [-0.4, -0.2) is 16.2 Å². The van der Waals surface area contributed by atoms with Gasteiger partial charge in [-0.15, -0.1) is 0 Å². The maximum atomic E-state index is 10.9. The Morgan fingerprint density at radius 3 is 1.84 bits per heavy atom. The van der Waals surface area contributed by atoms with Crippen LogP contribution in [-0.2, 0) is 15.8 Å². The fourth-order valence-corrected chi connectivity index (χ4v) is 2.63. The zero-order valence-electron chi connectivity index (χ0n) is 12.7. The van der Waals surface area contributed by atoms with Gasteiger partial charge in [-0.05, 0) is 48.4 Å². The molecule has 1 atom stereocenters. The number of aliphatic hydroxyl groups is 1. The van der Waals surface area contributed by atoms with Gasteiger partial charge in [0.15, 0.2) is 0 Å². The molecule has 0 radical (unpaired) electrons. The van der Waals surface area contributed by atoms with Crippen molar-refractivity contribution in [1.82, 2.24) is 0 Å². The first kappa shape index (κ1) is 15.7. The normalized spacial score (nSPS) is 15.1. The summed E-state index contributed by atoms with van der Waals surface area (Å²) in [4.78, 5) is 10.9. The molecule has 1 aromatic rings. The third-order valence-corrected chi connectivity index (χ3v) is 3.43. The Morgan fingerprint density at radius 1 is 1.11 bits per heavy atom. The maximum absolute atomic E-state index is 10.9. The Hall–Kier alpha value is -1.35. The second kappa shape index (κ2) is 4.97. The van der Waals surface area contributed by atoms with Gasteiger partial charge in [0.1, 0.15) is 0 Å². The SMILES string of the molecule is Cc1cc(C(C)(C)C)cc(C)c1C(C)(O)CC(=O)O. The minimum Gasteiger partial charge on any atom is -0.481 e. The van der Waals surface area contributed by atoms with Gasteiger partial charge in [0.2, 0.25) is 0 Å². The molecule has 3 heteroatoms. The standard InChI is InChI=1S/C16H24O3/c1-10-7-12(15(3,4)5)8-11(2)14(10)16(6,19)9-13(17)18/h7-8,19H,9H2,1-6H3,(H,17,18). The number of aryl methyl sites for hydroxylation is 2. The average molecular weight is 264 g/mol. The Labute approximate surface area is 115 Å². The van der Waals surface area contributed by atoms with E-state index >= 15 is 0 Å². The summed E-state index contributed by atoms with van der Waals surface area (Å²) in [5.74, 6) is -0.997. The first-order chi connectivity index (χ1) is 8.45. The third kappa shape index (κ3) is 3.57. The number of rotatable bonds is 3. The van der Waals surface area contributed by atoms with Crippen molar-refractivity contribution in [3.05, 3.63) is 34.4 Å². The Morgan fingerprint density at radius 2 is 1.53 bits per heavy atom. The largest absolute Gasteiger partial charge is 0.481 e. The van der Waals surface area contributed by atoms with Crippen LogP contribution < -0.4 is 0 Å². The maximum Gasteiger partial charge on any atom is 0.306 e. The van der Waals surface area contributed by atoms with Crippen molar-refractivity contribution in [2.24, 2.45) is 0 Å². The highest BCUT2D eigenvalue weighted by molar-refractivity contribution is 5.69. The molecule has 1 aromatic carbocycles. The lowest BCUT2D eigenvalue weighted by atomic mass is 9.79. The van der Waals surface area contributed by atoms with Crippen molar-refractivity contribution in [2.45, 2.75) is 59.0 Å². The van der Waals surface area contributed by atoms with Gasteiger partial charge in [-0.1, -0.05) is 32.9 Å². The summed E-state index contributed by atoms with van der Waals surface area (Å²) >= 11 is 0. The number of benzene rings is 1. The van der Waals surface area contributed by atoms with E-state index in [0.717, 1.165) is 16.7 Å². The highest BCUT2D eigenvalue weighted by Gasteiger charge is 2.30. The predicted octanol–water partition coefficient (Wildman–Crippen LogP) is 3.28. The average Bonchev–Trinajstić information content (AvgIpc) is 2.11. The molecule has 0 aromatic heterocycles. The number of hydrogen-bond acceptors (Lipinski definition) is 2. The molecule has 1 rings (SSSR count). The fourth-order valence-electron chi connectivity index (χ4n) is 2.63. The van der Waals surface area contributed by atoms with Crippen molar-refractivity contribution in [2.75, 3.05) is 0 Å². The van der Waals surface area contributed by atoms with Crippen LogP contribution >= 0.6 is 0 Å². The number of hydrogen-bond donors (Lipinski definition) is 2. The first-order valence-electron chi connectivity index (χ1n) is 6.51. The molecule has 3 nitrogen and oxygen atoms in total. The molecule has 106 valence electrons. The molecule has 0 bridgehead atoms. The monoisotopic (exact) mass is 264 g/mol. The van der Waals surface area contributed by atoms with E-state index in [1.807, 2.05) is 26.0 Å². The molecule has 0 saturated carbocycles. The van der Waals surface area contributed by atoms with Crippen LogP contribution in [0.3, 0.4) is 0 Å². The zero-order valence-corrected chi connectivity index (χ0v) is 12.7. The lowest BCUT2D eigenvalue weighted by Gasteiger charge is -2.29. The quantitative estimate of drug-likeness (QED) is 0.880. The molecule has 0 saturated heterocycles. The lowest BCUT2D eigenvalue weighted by Crippen LogP contribution is -2.28. The van der Waals surface area contributed by atoms with Crippen LogP contribution in [0.15, 0.2) is 12.1 Å². The molecule has 0 aliphatic heterocycles. The van der Waals surface area contributed by atoms with Crippen molar-refractivity contribution >= 4 is 5.97 Å². The molecule has 19 heavy (non-hydrogen) atoms. The number of aliphatic carboxylic acids is 1. The summed E-state index contributed by atoms with van der Waals surface area (Å²) in [6.07, 6.45) is -0.288. The summed E-state index contributed by atoms with van der Waals surface area (Å²) < 4.78 is 0. The molecule has 0 fully saturated rings. The number of carboxylic acids is 1. The van der Waals surface area contributed by atoms with Gasteiger partial charge >= 0.3 is 5.97 Å². The molecule has 1 unspecified atom stereocenters. The van der Waals surface area contributed by atoms with Gasteiger partial charge in [0.05, 0.1) is 12.0 Å². The second-order valence-electron chi connectivity index (χ2n) is 6.58. The van der Waals surface area contributed by atoms with Crippen LogP contribution in [0, 0.1) is 13.8 Å². The zero-order chi connectivity index (χ0) is 15.0. The molecule has 0 aliphatic carbocycles. The van der Waals surface area contributed by atoms with E-state index in [4.69, 9.17) is 5.11 Å². The van der Waals surface area contributed by atoms with Gasteiger partial charge in [-0.25, -0.2) is 0 Å². The van der Waals surface area contributed by atoms with Crippen LogP contribution in [0.5, 0.6) is 0 Å². The third-order valence-electron chi connectivity index (χ3n) is 3.43. The summed E-state index contributed by atoms with van der Waals surface area (Å²) in [6.45, 7) is 11.8. The summed E-state index contributed by atoms with van der Waals surface area (Å²) in [5.41, 5.74) is 2.50. The molecule has 0 aliphatic rings. The second-order valence-corrected chi connectivity index (χ2v) is 6.58. The molecule has 0 spiro atoms. The number of carboxylic acid groups (broad SMARTS) is 1. The molecular weight excluding hydrogens is 240 g/mol. The van der Waals surface area contributed by atoms with Gasteiger partial charge in [0.25, 0.3) is 0 Å². The lowest BCUT2D eigenvalue weighted by molar-refractivity contribution is -0.142. The van der Waals surface area contributed by atoms with Crippen LogP contribution in [0.25, 0.3) is 0 Å². The molecule has 0 heterocycles. The van der Waals surface area contributed by atoms with E-state index in [0.29, 0.717) is 0 Å². The Bertz CT molecular complexity index is 470. The minimum atomic E-state index is -1.34.